The first kappa shape index (κ1) is 84.6. The topological polar surface area (TPSA) is 95.9 Å². The lowest BCUT2D eigenvalue weighted by Gasteiger charge is -2.22. The number of nitrogens with one attached hydrogen (secondary N) is 1. The van der Waals surface area contributed by atoms with Crippen molar-refractivity contribution in [2.24, 2.45) is 0 Å². The van der Waals surface area contributed by atoms with Crippen LogP contribution < -0.4 is 5.32 Å². The van der Waals surface area contributed by atoms with Gasteiger partial charge in [-0.3, -0.25) is 9.59 Å². The van der Waals surface area contributed by atoms with E-state index in [-0.39, 0.29) is 18.5 Å². The highest BCUT2D eigenvalue weighted by molar-refractivity contribution is 5.76. The number of aliphatic hydroxyl groups is 2. The van der Waals surface area contributed by atoms with Gasteiger partial charge in [0.25, 0.3) is 0 Å². The molecule has 0 aromatic rings. The molecule has 0 aromatic heterocycles. The van der Waals surface area contributed by atoms with Crippen molar-refractivity contribution in [3.63, 3.8) is 0 Å². The van der Waals surface area contributed by atoms with Crippen molar-refractivity contribution in [2.75, 3.05) is 13.2 Å². The first-order valence-electron chi connectivity index (χ1n) is 39.9. The Kier molecular flexibility index (Phi) is 74.8. The SMILES string of the molecule is CCCC/C=C\CCCCCCCC(=O)OCCCCCCCCCCCCCCCCCCCCCCCCCCCCCCCCCCCC(=O)NC(CO)C(O)CCCCCCCCCCCCCCCCCCCCCCCCCCC. The molecule has 0 radical (unpaired) electrons. The molecule has 2 unspecified atom stereocenters. The van der Waals surface area contributed by atoms with Crippen LogP contribution in [0.25, 0.3) is 0 Å². The molecule has 0 aliphatic rings. The highest BCUT2D eigenvalue weighted by Gasteiger charge is 2.20. The molecule has 3 N–H and O–H groups in total. The third-order valence-corrected chi connectivity index (χ3v) is 19.1. The lowest BCUT2D eigenvalue weighted by molar-refractivity contribution is -0.143. The molecule has 6 heteroatoms. The maximum Gasteiger partial charge on any atom is 0.305 e. The molecule has 0 fully saturated rings. The molecule has 0 aliphatic heterocycles. The van der Waals surface area contributed by atoms with Crippen LogP contribution in [-0.4, -0.2) is 47.4 Å². The van der Waals surface area contributed by atoms with Gasteiger partial charge in [-0.1, -0.05) is 418 Å². The van der Waals surface area contributed by atoms with Gasteiger partial charge in [0.05, 0.1) is 25.4 Å². The van der Waals surface area contributed by atoms with Crippen LogP contribution in [0.15, 0.2) is 12.2 Å². The van der Waals surface area contributed by atoms with E-state index in [0.29, 0.717) is 25.9 Å². The molecule has 0 bridgehead atoms. The number of ether oxygens (including phenoxy) is 1. The van der Waals surface area contributed by atoms with E-state index in [4.69, 9.17) is 4.74 Å². The lowest BCUT2D eigenvalue weighted by atomic mass is 10.0. The van der Waals surface area contributed by atoms with Crippen LogP contribution in [0.3, 0.4) is 0 Å². The Labute approximate surface area is 539 Å². The molecular weight excluding hydrogens is 1050 g/mol. The third-order valence-electron chi connectivity index (χ3n) is 19.1. The zero-order valence-corrected chi connectivity index (χ0v) is 58.8. The predicted molar refractivity (Wildman–Crippen MR) is 380 cm³/mol. The van der Waals surface area contributed by atoms with E-state index < -0.39 is 12.1 Å². The summed E-state index contributed by atoms with van der Waals surface area (Å²) in [6.07, 6.45) is 96.0. The van der Waals surface area contributed by atoms with Gasteiger partial charge in [-0.05, 0) is 44.9 Å². The number of rotatable bonds is 76. The second kappa shape index (κ2) is 76.1. The van der Waals surface area contributed by atoms with Gasteiger partial charge in [0, 0.05) is 12.8 Å². The Bertz CT molecular complexity index is 1300. The molecule has 1 amide bonds. The lowest BCUT2D eigenvalue weighted by Crippen LogP contribution is -2.45. The Balaban J connectivity index is 3.33. The minimum atomic E-state index is -0.662. The van der Waals surface area contributed by atoms with E-state index in [2.05, 4.69) is 31.3 Å². The second-order valence-electron chi connectivity index (χ2n) is 27.8. The van der Waals surface area contributed by atoms with Crippen LogP contribution in [-0.2, 0) is 14.3 Å². The number of carbonyl (C=O) groups is 2. The number of allylic oxidation sites excluding steroid dienone is 2. The van der Waals surface area contributed by atoms with Crippen molar-refractivity contribution in [1.29, 1.82) is 0 Å². The molecule has 0 aliphatic carbocycles. The molecule has 0 aromatic carbocycles. The van der Waals surface area contributed by atoms with Gasteiger partial charge >= 0.3 is 5.97 Å². The summed E-state index contributed by atoms with van der Waals surface area (Å²) < 4.78 is 5.47. The number of hydrogen-bond acceptors (Lipinski definition) is 5. The van der Waals surface area contributed by atoms with E-state index in [9.17, 15) is 19.8 Å². The average molecular weight is 1210 g/mol. The van der Waals surface area contributed by atoms with Crippen LogP contribution in [0.2, 0.25) is 0 Å². The first-order chi connectivity index (χ1) is 42.5. The summed E-state index contributed by atoms with van der Waals surface area (Å²) in [6.45, 7) is 4.97. The molecule has 0 saturated carbocycles. The third kappa shape index (κ3) is 71.7. The molecule has 512 valence electrons. The highest BCUT2D eigenvalue weighted by atomic mass is 16.5. The molecule has 6 nitrogen and oxygen atoms in total. The molecule has 0 spiro atoms. The summed E-state index contributed by atoms with van der Waals surface area (Å²) in [7, 11) is 0. The normalized spacial score (nSPS) is 12.5. The largest absolute Gasteiger partial charge is 0.466 e. The number of esters is 1. The van der Waals surface area contributed by atoms with Crippen LogP contribution in [0.5, 0.6) is 0 Å². The van der Waals surface area contributed by atoms with Crippen molar-refractivity contribution in [3.05, 3.63) is 12.2 Å². The Hall–Kier alpha value is -1.40. The van der Waals surface area contributed by atoms with Gasteiger partial charge in [0.1, 0.15) is 0 Å². The second-order valence-corrected chi connectivity index (χ2v) is 27.8. The van der Waals surface area contributed by atoms with Gasteiger partial charge < -0.3 is 20.3 Å². The fourth-order valence-corrected chi connectivity index (χ4v) is 13.0. The van der Waals surface area contributed by atoms with Crippen molar-refractivity contribution in [3.8, 4) is 0 Å². The molecule has 0 rings (SSSR count). The summed E-state index contributed by atoms with van der Waals surface area (Å²) in [5, 5.41) is 23.5. The Morgan fingerprint density at radius 3 is 0.860 bits per heavy atom. The van der Waals surface area contributed by atoms with Gasteiger partial charge in [-0.2, -0.15) is 0 Å². The average Bonchev–Trinajstić information content (AvgIpc) is 3.61. The van der Waals surface area contributed by atoms with Crippen molar-refractivity contribution >= 4 is 11.9 Å². The molecule has 0 saturated heterocycles. The fourth-order valence-electron chi connectivity index (χ4n) is 13.0. The first-order valence-corrected chi connectivity index (χ1v) is 39.9. The number of aliphatic hydroxyl groups excluding tert-OH is 2. The predicted octanol–water partition coefficient (Wildman–Crippen LogP) is 26.3. The molecule has 2 atom stereocenters. The van der Waals surface area contributed by atoms with E-state index >= 15 is 0 Å². The summed E-state index contributed by atoms with van der Waals surface area (Å²) in [5.41, 5.74) is 0. The van der Waals surface area contributed by atoms with Gasteiger partial charge in [-0.15, -0.1) is 0 Å². The molecule has 86 heavy (non-hydrogen) atoms. The van der Waals surface area contributed by atoms with Gasteiger partial charge in [-0.25, -0.2) is 0 Å². The smallest absolute Gasteiger partial charge is 0.305 e. The Morgan fingerprint density at radius 2 is 0.558 bits per heavy atom. The highest BCUT2D eigenvalue weighted by Crippen LogP contribution is 2.21. The Morgan fingerprint density at radius 1 is 0.314 bits per heavy atom. The minimum Gasteiger partial charge on any atom is -0.466 e. The number of amides is 1. The van der Waals surface area contributed by atoms with E-state index in [1.165, 1.54) is 385 Å². The van der Waals surface area contributed by atoms with E-state index in [0.717, 1.165) is 44.9 Å². The summed E-state index contributed by atoms with van der Waals surface area (Å²) in [5.74, 6) is -0.0121. The maximum absolute atomic E-state index is 12.6. The number of hydrogen-bond donors (Lipinski definition) is 3. The van der Waals surface area contributed by atoms with Crippen molar-refractivity contribution in [1.82, 2.24) is 5.32 Å². The van der Waals surface area contributed by atoms with Crippen LogP contribution in [0.4, 0.5) is 0 Å². The van der Waals surface area contributed by atoms with Gasteiger partial charge in [0.2, 0.25) is 5.91 Å². The molecule has 0 heterocycles. The van der Waals surface area contributed by atoms with Crippen molar-refractivity contribution in [2.45, 2.75) is 475 Å². The number of carbonyl (C=O) groups excluding carboxylic acids is 2. The van der Waals surface area contributed by atoms with E-state index in [1.807, 2.05) is 0 Å². The summed E-state index contributed by atoms with van der Waals surface area (Å²) in [4.78, 5) is 24.6. The van der Waals surface area contributed by atoms with Crippen molar-refractivity contribution < 1.29 is 24.5 Å². The van der Waals surface area contributed by atoms with Crippen LogP contribution in [0, 0.1) is 0 Å². The summed E-state index contributed by atoms with van der Waals surface area (Å²) in [6, 6.07) is -0.539. The number of unbranched alkanes of at least 4 members (excludes halogenated alkanes) is 63. The standard InChI is InChI=1S/C80H157NO5/c1-3-5-7-9-11-13-15-16-17-18-19-20-21-31-34-37-40-43-46-49-53-56-60-64-68-72-78(83)77(76-82)81-79(84)73-69-65-61-57-54-50-47-44-41-38-35-32-29-27-25-23-22-24-26-28-30-33-36-39-42-45-48-51-55-59-63-67-71-75-86-80(85)74-70-66-62-58-52-14-12-10-8-6-4-2/h10,12,77-78,82-83H,3-9,11,13-76H2,1-2H3,(H,81,84)/b12-10-. The zero-order valence-electron chi connectivity index (χ0n) is 58.8. The summed E-state index contributed by atoms with van der Waals surface area (Å²) >= 11 is 0. The van der Waals surface area contributed by atoms with Crippen LogP contribution >= 0.6 is 0 Å². The minimum absolute atomic E-state index is 0.0117. The van der Waals surface area contributed by atoms with Gasteiger partial charge in [0.15, 0.2) is 0 Å². The fraction of sp³-hybridized carbons (Fsp3) is 0.950. The van der Waals surface area contributed by atoms with Crippen LogP contribution in [0.1, 0.15) is 463 Å². The zero-order chi connectivity index (χ0) is 62.0. The molecular formula is C80H157NO5. The quantitative estimate of drug-likeness (QED) is 0.0320. The van der Waals surface area contributed by atoms with E-state index in [1.54, 1.807) is 0 Å². The monoisotopic (exact) mass is 1210 g/mol. The maximum atomic E-state index is 12.6.